The van der Waals surface area contributed by atoms with Crippen LogP contribution in [0, 0.1) is 11.3 Å². The second-order valence-electron chi connectivity index (χ2n) is 5.78. The number of fused-ring (bicyclic) bond motifs is 2. The van der Waals surface area contributed by atoms with Crippen molar-refractivity contribution in [3.63, 3.8) is 0 Å². The number of allylic oxidation sites excluding steroid dienone is 1. The van der Waals surface area contributed by atoms with Crippen LogP contribution >= 0.6 is 0 Å². The standard InChI is InChI=1S/C16H21F2N5O/c1-9-3-2-4-11(20)12-7-10(5-6-21-12)14(23-16(17)18)13(8-19)22-15(9)24/h5-9,11,16,19,23H,2-4,20H2,1H3,(H,22,24)/b14-13+,19-8?/t9-,11+/m1/s1. The topological polar surface area (TPSA) is 104 Å². The molecular formula is C16H21F2N5O. The van der Waals surface area contributed by atoms with E-state index in [1.54, 1.807) is 13.0 Å². The summed E-state index contributed by atoms with van der Waals surface area (Å²) in [6.45, 7) is -1.09. The third kappa shape index (κ3) is 4.35. The third-order valence-corrected chi connectivity index (χ3v) is 3.97. The van der Waals surface area contributed by atoms with Crippen LogP contribution in [0.2, 0.25) is 0 Å². The van der Waals surface area contributed by atoms with Crippen molar-refractivity contribution in [1.29, 1.82) is 5.41 Å². The van der Waals surface area contributed by atoms with Crippen LogP contribution in [0.1, 0.15) is 43.5 Å². The smallest absolute Gasteiger partial charge is 0.313 e. The first-order valence-corrected chi connectivity index (χ1v) is 7.74. The Balaban J connectivity index is 2.56. The number of hydrogen-bond acceptors (Lipinski definition) is 5. The van der Waals surface area contributed by atoms with E-state index in [4.69, 9.17) is 11.1 Å². The second-order valence-corrected chi connectivity index (χ2v) is 5.78. The average Bonchev–Trinajstić information content (AvgIpc) is 2.56. The lowest BCUT2D eigenvalue weighted by Crippen LogP contribution is -2.33. The number of aromatic nitrogens is 1. The van der Waals surface area contributed by atoms with Gasteiger partial charge in [-0.15, -0.1) is 0 Å². The molecule has 1 aromatic rings. The van der Waals surface area contributed by atoms with Gasteiger partial charge in [-0.3, -0.25) is 9.78 Å². The van der Waals surface area contributed by atoms with Gasteiger partial charge in [-0.2, -0.15) is 8.78 Å². The summed E-state index contributed by atoms with van der Waals surface area (Å²) in [6.07, 6.45) is 4.33. The van der Waals surface area contributed by atoms with Crippen molar-refractivity contribution >= 4 is 17.8 Å². The monoisotopic (exact) mass is 337 g/mol. The summed E-state index contributed by atoms with van der Waals surface area (Å²) in [6, 6.07) is 2.80. The fraction of sp³-hybridized carbons (Fsp3) is 0.438. The zero-order valence-corrected chi connectivity index (χ0v) is 13.4. The Kier molecular flexibility index (Phi) is 5.97. The molecule has 0 saturated carbocycles. The van der Waals surface area contributed by atoms with Gasteiger partial charge in [0, 0.05) is 29.9 Å². The highest BCUT2D eigenvalue weighted by atomic mass is 19.3. The molecule has 0 aromatic carbocycles. The van der Waals surface area contributed by atoms with E-state index in [0.29, 0.717) is 24.1 Å². The van der Waals surface area contributed by atoms with Crippen molar-refractivity contribution in [2.75, 3.05) is 0 Å². The highest BCUT2D eigenvalue weighted by molar-refractivity contribution is 5.95. The Morgan fingerprint density at radius 1 is 1.50 bits per heavy atom. The number of nitrogens with one attached hydrogen (secondary N) is 3. The van der Waals surface area contributed by atoms with Gasteiger partial charge in [0.2, 0.25) is 5.91 Å². The predicted molar refractivity (Wildman–Crippen MR) is 87.2 cm³/mol. The lowest BCUT2D eigenvalue weighted by Gasteiger charge is -2.20. The van der Waals surface area contributed by atoms with E-state index in [-0.39, 0.29) is 29.3 Å². The number of carbonyl (C=O) groups is 1. The zero-order chi connectivity index (χ0) is 17.7. The lowest BCUT2D eigenvalue weighted by molar-refractivity contribution is -0.123. The molecule has 8 heteroatoms. The van der Waals surface area contributed by atoms with Gasteiger partial charge in [-0.1, -0.05) is 13.3 Å². The van der Waals surface area contributed by atoms with E-state index in [2.05, 4.69) is 10.3 Å². The molecule has 5 N–H and O–H groups in total. The van der Waals surface area contributed by atoms with Crippen molar-refractivity contribution in [3.05, 3.63) is 35.3 Å². The molecule has 1 amide bonds. The molecule has 2 bridgehead atoms. The summed E-state index contributed by atoms with van der Waals surface area (Å²) >= 11 is 0. The van der Waals surface area contributed by atoms with Crippen molar-refractivity contribution in [3.8, 4) is 0 Å². The van der Waals surface area contributed by atoms with Crippen LogP contribution in [0.4, 0.5) is 8.78 Å². The van der Waals surface area contributed by atoms with Gasteiger partial charge >= 0.3 is 6.55 Å². The minimum atomic E-state index is -2.84. The number of nitrogens with two attached hydrogens (primary N) is 1. The van der Waals surface area contributed by atoms with Crippen molar-refractivity contribution < 1.29 is 13.6 Å². The van der Waals surface area contributed by atoms with E-state index >= 15 is 0 Å². The zero-order valence-electron chi connectivity index (χ0n) is 13.4. The number of halogens is 2. The molecule has 2 atom stereocenters. The minimum absolute atomic E-state index is 0.0153. The second kappa shape index (κ2) is 7.96. The molecule has 0 radical (unpaired) electrons. The van der Waals surface area contributed by atoms with Crippen LogP contribution in [0.3, 0.4) is 0 Å². The van der Waals surface area contributed by atoms with Crippen LogP contribution in [-0.4, -0.2) is 23.7 Å². The SMILES string of the molecule is C[C@@H]1CCC[C@H](N)c2cc(ccn2)/C(NC(F)F)=C(/C=N)NC1=O. The minimum Gasteiger partial charge on any atom is -0.327 e. The number of alkyl halides is 2. The average molecular weight is 337 g/mol. The van der Waals surface area contributed by atoms with Crippen molar-refractivity contribution in [2.45, 2.75) is 38.8 Å². The molecule has 0 aliphatic carbocycles. The Hall–Kier alpha value is -2.35. The van der Waals surface area contributed by atoms with Crippen LogP contribution < -0.4 is 16.4 Å². The lowest BCUT2D eigenvalue weighted by atomic mass is 9.97. The number of rotatable bonds is 3. The molecule has 24 heavy (non-hydrogen) atoms. The summed E-state index contributed by atoms with van der Waals surface area (Å²) in [5.41, 5.74) is 7.05. The molecule has 130 valence electrons. The quantitative estimate of drug-likeness (QED) is 0.501. The number of carbonyl (C=O) groups excluding carboxylic acids is 1. The van der Waals surface area contributed by atoms with Crippen molar-refractivity contribution in [1.82, 2.24) is 15.6 Å². The third-order valence-electron chi connectivity index (χ3n) is 3.97. The number of pyridine rings is 1. The predicted octanol–water partition coefficient (Wildman–Crippen LogP) is 2.15. The summed E-state index contributed by atoms with van der Waals surface area (Å²) < 4.78 is 25.9. The fourth-order valence-corrected chi connectivity index (χ4v) is 2.58. The first-order valence-electron chi connectivity index (χ1n) is 7.74. The molecule has 2 heterocycles. The maximum Gasteiger partial charge on any atom is 0.313 e. The molecular weight excluding hydrogens is 316 g/mol. The van der Waals surface area contributed by atoms with Crippen LogP contribution in [0.15, 0.2) is 24.0 Å². The van der Waals surface area contributed by atoms with E-state index in [0.717, 1.165) is 12.6 Å². The summed E-state index contributed by atoms with van der Waals surface area (Å²) in [4.78, 5) is 16.4. The Labute approximate surface area is 139 Å². The van der Waals surface area contributed by atoms with E-state index in [9.17, 15) is 13.6 Å². The van der Waals surface area contributed by atoms with Gasteiger partial charge in [0.05, 0.1) is 17.1 Å². The van der Waals surface area contributed by atoms with E-state index < -0.39 is 6.55 Å². The number of nitrogens with zero attached hydrogens (tertiary/aromatic N) is 1. The largest absolute Gasteiger partial charge is 0.327 e. The molecule has 1 aromatic heterocycles. The molecule has 0 saturated heterocycles. The summed E-state index contributed by atoms with van der Waals surface area (Å²) in [5, 5.41) is 12.1. The Morgan fingerprint density at radius 3 is 2.92 bits per heavy atom. The summed E-state index contributed by atoms with van der Waals surface area (Å²) in [5.74, 6) is -0.629. The van der Waals surface area contributed by atoms with E-state index in [1.807, 2.05) is 5.32 Å². The number of amides is 1. The molecule has 0 unspecified atom stereocenters. The van der Waals surface area contributed by atoms with Gasteiger partial charge in [-0.05, 0) is 25.0 Å². The Bertz CT molecular complexity index is 647. The van der Waals surface area contributed by atoms with Gasteiger partial charge in [0.1, 0.15) is 0 Å². The molecule has 0 fully saturated rings. The maximum absolute atomic E-state index is 12.9. The highest BCUT2D eigenvalue weighted by Gasteiger charge is 2.20. The first-order chi connectivity index (χ1) is 11.4. The molecule has 2 rings (SSSR count). The fourth-order valence-electron chi connectivity index (χ4n) is 2.58. The van der Waals surface area contributed by atoms with Crippen LogP contribution in [0.25, 0.3) is 5.70 Å². The molecule has 1 aliphatic rings. The number of hydrogen-bond donors (Lipinski definition) is 4. The van der Waals surface area contributed by atoms with Gasteiger partial charge < -0.3 is 21.8 Å². The molecule has 0 spiro atoms. The Morgan fingerprint density at radius 2 is 2.25 bits per heavy atom. The van der Waals surface area contributed by atoms with Gasteiger partial charge in [0.15, 0.2) is 0 Å². The first kappa shape index (κ1) is 18.0. The summed E-state index contributed by atoms with van der Waals surface area (Å²) in [7, 11) is 0. The van der Waals surface area contributed by atoms with Crippen molar-refractivity contribution in [2.24, 2.45) is 11.7 Å². The van der Waals surface area contributed by atoms with Crippen LogP contribution in [-0.2, 0) is 4.79 Å². The molecule has 6 nitrogen and oxygen atoms in total. The maximum atomic E-state index is 12.9. The van der Waals surface area contributed by atoms with Crippen LogP contribution in [0.5, 0.6) is 0 Å². The van der Waals surface area contributed by atoms with Gasteiger partial charge in [-0.25, -0.2) is 0 Å². The van der Waals surface area contributed by atoms with E-state index in [1.165, 1.54) is 12.3 Å². The molecule has 1 aliphatic heterocycles. The van der Waals surface area contributed by atoms with Gasteiger partial charge in [0.25, 0.3) is 0 Å². The highest BCUT2D eigenvalue weighted by Crippen LogP contribution is 2.23. The normalized spacial score (nSPS) is 25.5.